The maximum absolute atomic E-state index is 13.7. The van der Waals surface area contributed by atoms with Crippen LogP contribution < -0.4 is 10.5 Å². The van der Waals surface area contributed by atoms with Gasteiger partial charge in [0.2, 0.25) is 5.88 Å². The van der Waals surface area contributed by atoms with Gasteiger partial charge in [-0.3, -0.25) is 4.79 Å². The summed E-state index contributed by atoms with van der Waals surface area (Å²) in [5.74, 6) is -5.03. The minimum absolute atomic E-state index is 0.0458. The van der Waals surface area contributed by atoms with E-state index < -0.39 is 29.6 Å². The molecule has 0 saturated heterocycles. The van der Waals surface area contributed by atoms with Crippen LogP contribution in [0, 0.1) is 23.1 Å². The summed E-state index contributed by atoms with van der Waals surface area (Å²) in [6.45, 7) is 3.27. The number of carbonyl (C=O) groups is 2. The quantitative estimate of drug-likeness (QED) is 0.807. The van der Waals surface area contributed by atoms with Crippen molar-refractivity contribution in [1.29, 1.82) is 5.26 Å². The van der Waals surface area contributed by atoms with Crippen LogP contribution in [0.2, 0.25) is 0 Å². The zero-order valence-electron chi connectivity index (χ0n) is 13.7. The van der Waals surface area contributed by atoms with E-state index in [9.17, 15) is 19.2 Å². The molecule has 0 aliphatic carbocycles. The Morgan fingerprint density at radius 3 is 2.64 bits per heavy atom. The van der Waals surface area contributed by atoms with Gasteiger partial charge in [0.25, 0.3) is 0 Å². The van der Waals surface area contributed by atoms with Crippen LogP contribution in [-0.2, 0) is 19.1 Å². The van der Waals surface area contributed by atoms with Crippen LogP contribution in [0.25, 0.3) is 0 Å². The molecule has 1 heterocycles. The molecule has 0 fully saturated rings. The number of carbonyl (C=O) groups excluding carboxylic acids is 2. The molecule has 1 aromatic carbocycles. The van der Waals surface area contributed by atoms with Crippen molar-refractivity contribution in [3.63, 3.8) is 0 Å². The number of ether oxygens (including phenoxy) is 3. The number of fused-ring (bicyclic) bond motifs is 1. The number of nitrogens with two attached hydrogens (primary N) is 1. The Labute approximate surface area is 143 Å². The molecule has 2 unspecified atom stereocenters. The Hall–Kier alpha value is -3.08. The summed E-state index contributed by atoms with van der Waals surface area (Å²) in [6.07, 6.45) is 0. The summed E-state index contributed by atoms with van der Waals surface area (Å²) in [7, 11) is 0. The Morgan fingerprint density at radius 1 is 1.36 bits per heavy atom. The number of rotatable bonds is 5. The SMILES string of the molecule is CCOC(=O)C1=C(N)Oc2ccc(F)cc2C1C(C#N)C(=O)OCC. The van der Waals surface area contributed by atoms with Gasteiger partial charge in [-0.2, -0.15) is 5.26 Å². The van der Waals surface area contributed by atoms with E-state index in [0.29, 0.717) is 0 Å². The van der Waals surface area contributed by atoms with Gasteiger partial charge in [-0.05, 0) is 32.0 Å². The molecule has 0 spiro atoms. The minimum atomic E-state index is -1.41. The van der Waals surface area contributed by atoms with Gasteiger partial charge in [-0.25, -0.2) is 9.18 Å². The van der Waals surface area contributed by atoms with E-state index in [-0.39, 0.29) is 36.0 Å². The fraction of sp³-hybridized carbons (Fsp3) is 0.353. The van der Waals surface area contributed by atoms with Gasteiger partial charge in [0, 0.05) is 5.56 Å². The first-order valence-electron chi connectivity index (χ1n) is 7.64. The summed E-state index contributed by atoms with van der Waals surface area (Å²) in [4.78, 5) is 24.5. The molecule has 1 aromatic rings. The van der Waals surface area contributed by atoms with Crippen molar-refractivity contribution in [3.8, 4) is 11.8 Å². The Morgan fingerprint density at radius 2 is 2.04 bits per heavy atom. The highest BCUT2D eigenvalue weighted by Gasteiger charge is 2.43. The van der Waals surface area contributed by atoms with Gasteiger partial charge in [0.1, 0.15) is 17.1 Å². The topological polar surface area (TPSA) is 112 Å². The average Bonchev–Trinajstić information content (AvgIpc) is 2.56. The molecule has 1 aliphatic heterocycles. The van der Waals surface area contributed by atoms with E-state index in [4.69, 9.17) is 19.9 Å². The Bertz CT molecular complexity index is 769. The number of hydrogen-bond donors (Lipinski definition) is 1. The lowest BCUT2D eigenvalue weighted by molar-refractivity contribution is -0.146. The zero-order chi connectivity index (χ0) is 18.6. The predicted octanol–water partition coefficient (Wildman–Crippen LogP) is 1.74. The lowest BCUT2D eigenvalue weighted by Gasteiger charge is -2.29. The predicted molar refractivity (Wildman–Crippen MR) is 83.4 cm³/mol. The second-order valence-electron chi connectivity index (χ2n) is 5.12. The number of nitriles is 1. The second-order valence-corrected chi connectivity index (χ2v) is 5.12. The van der Waals surface area contributed by atoms with E-state index in [1.54, 1.807) is 13.8 Å². The van der Waals surface area contributed by atoms with Crippen LogP contribution in [0.4, 0.5) is 4.39 Å². The average molecular weight is 348 g/mol. The van der Waals surface area contributed by atoms with Crippen LogP contribution in [0.1, 0.15) is 25.3 Å². The molecule has 0 bridgehead atoms. The van der Waals surface area contributed by atoms with E-state index in [1.807, 2.05) is 6.07 Å². The normalized spacial score (nSPS) is 17.0. The summed E-state index contributed by atoms with van der Waals surface area (Å²) in [6, 6.07) is 5.36. The first-order chi connectivity index (χ1) is 11.9. The summed E-state index contributed by atoms with van der Waals surface area (Å²) < 4.78 is 29.0. The molecule has 0 radical (unpaired) electrons. The third kappa shape index (κ3) is 3.55. The van der Waals surface area contributed by atoms with Gasteiger partial charge in [0.15, 0.2) is 5.92 Å². The molecule has 2 rings (SSSR count). The van der Waals surface area contributed by atoms with Crippen LogP contribution in [0.15, 0.2) is 29.7 Å². The van der Waals surface area contributed by atoms with Crippen LogP contribution in [0.5, 0.6) is 5.75 Å². The van der Waals surface area contributed by atoms with Gasteiger partial charge >= 0.3 is 11.9 Å². The van der Waals surface area contributed by atoms with Gasteiger partial charge < -0.3 is 19.9 Å². The van der Waals surface area contributed by atoms with Crippen molar-refractivity contribution < 1.29 is 28.2 Å². The lowest BCUT2D eigenvalue weighted by atomic mass is 9.79. The zero-order valence-corrected chi connectivity index (χ0v) is 13.7. The Kier molecular flexibility index (Phi) is 5.60. The molecule has 7 nitrogen and oxygen atoms in total. The smallest absolute Gasteiger partial charge is 0.340 e. The number of hydrogen-bond acceptors (Lipinski definition) is 7. The van der Waals surface area contributed by atoms with Gasteiger partial charge in [-0.1, -0.05) is 0 Å². The van der Waals surface area contributed by atoms with E-state index in [0.717, 1.165) is 12.1 Å². The molecule has 2 atom stereocenters. The van der Waals surface area contributed by atoms with Gasteiger partial charge in [-0.15, -0.1) is 0 Å². The van der Waals surface area contributed by atoms with E-state index in [1.165, 1.54) is 6.07 Å². The highest BCUT2D eigenvalue weighted by molar-refractivity contribution is 5.93. The van der Waals surface area contributed by atoms with Crippen LogP contribution in [-0.4, -0.2) is 25.2 Å². The minimum Gasteiger partial charge on any atom is -0.465 e. The molecule has 132 valence electrons. The maximum Gasteiger partial charge on any atom is 0.340 e. The number of halogens is 1. The Balaban J connectivity index is 2.63. The van der Waals surface area contributed by atoms with Crippen LogP contribution in [0.3, 0.4) is 0 Å². The summed E-state index contributed by atoms with van der Waals surface area (Å²) in [5, 5.41) is 9.49. The van der Waals surface area contributed by atoms with Crippen molar-refractivity contribution in [2.45, 2.75) is 19.8 Å². The van der Waals surface area contributed by atoms with Crippen LogP contribution >= 0.6 is 0 Å². The molecule has 2 N–H and O–H groups in total. The fourth-order valence-electron chi connectivity index (χ4n) is 2.62. The second kappa shape index (κ2) is 7.66. The molecular weight excluding hydrogens is 331 g/mol. The third-order valence-electron chi connectivity index (χ3n) is 3.61. The van der Waals surface area contributed by atoms with Crippen molar-refractivity contribution in [2.24, 2.45) is 11.7 Å². The van der Waals surface area contributed by atoms with Crippen molar-refractivity contribution in [2.75, 3.05) is 13.2 Å². The monoisotopic (exact) mass is 348 g/mol. The standard InChI is InChI=1S/C17H17FN2O5/c1-3-23-16(21)11(8-19)13-10-7-9(18)5-6-12(10)25-15(20)14(13)17(22)24-4-2/h5-7,11,13H,3-4,20H2,1-2H3. The maximum atomic E-state index is 13.7. The number of esters is 2. The first kappa shape index (κ1) is 18.3. The van der Waals surface area contributed by atoms with Gasteiger partial charge in [0.05, 0.1) is 25.2 Å². The molecule has 1 aliphatic rings. The molecule has 0 amide bonds. The van der Waals surface area contributed by atoms with E-state index >= 15 is 0 Å². The molecular formula is C17H17FN2O5. The molecule has 8 heteroatoms. The highest BCUT2D eigenvalue weighted by Crippen LogP contribution is 2.43. The fourth-order valence-corrected chi connectivity index (χ4v) is 2.62. The molecule has 25 heavy (non-hydrogen) atoms. The van der Waals surface area contributed by atoms with Crippen molar-refractivity contribution >= 4 is 11.9 Å². The summed E-state index contributed by atoms with van der Waals surface area (Å²) in [5.41, 5.74) is 5.76. The molecule has 0 saturated carbocycles. The third-order valence-corrected chi connectivity index (χ3v) is 3.61. The first-order valence-corrected chi connectivity index (χ1v) is 7.64. The van der Waals surface area contributed by atoms with Crippen molar-refractivity contribution in [3.05, 3.63) is 41.0 Å². The lowest BCUT2D eigenvalue weighted by Crippen LogP contribution is -2.34. The van der Waals surface area contributed by atoms with E-state index in [2.05, 4.69) is 0 Å². The van der Waals surface area contributed by atoms with Crippen molar-refractivity contribution in [1.82, 2.24) is 0 Å². The number of nitrogens with zero attached hydrogens (tertiary/aromatic N) is 1. The number of benzene rings is 1. The molecule has 0 aromatic heterocycles. The highest BCUT2D eigenvalue weighted by atomic mass is 19.1. The summed E-state index contributed by atoms with van der Waals surface area (Å²) >= 11 is 0. The largest absolute Gasteiger partial charge is 0.465 e.